The Morgan fingerprint density at radius 2 is 2.36 bits per heavy atom. The van der Waals surface area contributed by atoms with E-state index in [1.165, 1.54) is 5.01 Å². The van der Waals surface area contributed by atoms with E-state index in [0.29, 0.717) is 11.7 Å². The summed E-state index contributed by atoms with van der Waals surface area (Å²) < 4.78 is 4.89. The molecule has 5 nitrogen and oxygen atoms in total. The minimum absolute atomic E-state index is 0.345. The lowest BCUT2D eigenvalue weighted by Gasteiger charge is -2.26. The Balaban J connectivity index is 2.82. The Labute approximate surface area is 65.3 Å². The zero-order valence-electron chi connectivity index (χ0n) is 6.61. The highest BCUT2D eigenvalue weighted by Crippen LogP contribution is 2.07. The molecule has 0 aliphatic carbocycles. The highest BCUT2D eigenvalue weighted by molar-refractivity contribution is 5.81. The first-order chi connectivity index (χ1) is 5.15. The average Bonchev–Trinajstić information content (AvgIpc) is 1.99. The molecule has 1 aliphatic rings. The molecule has 1 atom stereocenters. The molecule has 0 saturated heterocycles. The minimum Gasteiger partial charge on any atom is -0.481 e. The molecule has 0 bridgehead atoms. The van der Waals surface area contributed by atoms with Crippen LogP contribution in [0.25, 0.3) is 0 Å². The predicted molar refractivity (Wildman–Crippen MR) is 42.2 cm³/mol. The lowest BCUT2D eigenvalue weighted by Crippen LogP contribution is -2.50. The van der Waals surface area contributed by atoms with E-state index in [1.807, 2.05) is 0 Å². The van der Waals surface area contributed by atoms with Crippen molar-refractivity contribution in [3.8, 4) is 0 Å². The number of nitrogens with two attached hydrogens (primary N) is 2. The van der Waals surface area contributed by atoms with Gasteiger partial charge >= 0.3 is 0 Å². The molecule has 1 aliphatic heterocycles. The van der Waals surface area contributed by atoms with Gasteiger partial charge < -0.3 is 10.5 Å². The first kappa shape index (κ1) is 8.03. The molecule has 62 valence electrons. The first-order valence-electron chi connectivity index (χ1n) is 3.25. The summed E-state index contributed by atoms with van der Waals surface area (Å²) in [5.41, 5.74) is 5.60. The van der Waals surface area contributed by atoms with Crippen LogP contribution >= 0.6 is 0 Å². The van der Waals surface area contributed by atoms with Gasteiger partial charge in [-0.1, -0.05) is 0 Å². The molecule has 11 heavy (non-hydrogen) atoms. The number of nitrogens with zero attached hydrogens (tertiary/aromatic N) is 2. The van der Waals surface area contributed by atoms with E-state index in [4.69, 9.17) is 16.3 Å². The fourth-order valence-corrected chi connectivity index (χ4v) is 0.810. The van der Waals surface area contributed by atoms with Crippen LogP contribution in [0, 0.1) is 0 Å². The van der Waals surface area contributed by atoms with Crippen LogP contribution in [0.1, 0.15) is 6.92 Å². The molecule has 0 saturated carbocycles. The van der Waals surface area contributed by atoms with Gasteiger partial charge in [-0.2, -0.15) is 4.99 Å². The number of aliphatic imine (C=N–C) groups is 1. The van der Waals surface area contributed by atoms with Crippen LogP contribution in [0.5, 0.6) is 0 Å². The summed E-state index contributed by atoms with van der Waals surface area (Å²) in [6.07, 6.45) is 1.30. The topological polar surface area (TPSA) is 76.9 Å². The molecule has 0 fully saturated rings. The number of ether oxygens (including phenoxy) is 1. The summed E-state index contributed by atoms with van der Waals surface area (Å²) in [4.78, 5) is 4.01. The van der Waals surface area contributed by atoms with Gasteiger partial charge in [0.15, 0.2) is 0 Å². The van der Waals surface area contributed by atoms with E-state index in [-0.39, 0.29) is 6.17 Å². The number of hydrogen-bond donors (Lipinski definition) is 2. The highest BCUT2D eigenvalue weighted by Gasteiger charge is 2.15. The van der Waals surface area contributed by atoms with Crippen molar-refractivity contribution in [3.63, 3.8) is 0 Å². The van der Waals surface area contributed by atoms with Gasteiger partial charge in [0.25, 0.3) is 0 Å². The molecule has 4 N–H and O–H groups in total. The molecule has 1 heterocycles. The average molecular weight is 156 g/mol. The number of rotatable bonds is 1. The highest BCUT2D eigenvalue weighted by atomic mass is 16.5. The Morgan fingerprint density at radius 1 is 1.73 bits per heavy atom. The van der Waals surface area contributed by atoms with E-state index < -0.39 is 0 Å². The van der Waals surface area contributed by atoms with Gasteiger partial charge in [-0.15, -0.1) is 0 Å². The molecule has 0 aromatic carbocycles. The second kappa shape index (κ2) is 2.89. The summed E-state index contributed by atoms with van der Waals surface area (Å²) in [7, 11) is 1.54. The number of amidine groups is 1. The molecule has 0 aromatic rings. The zero-order valence-corrected chi connectivity index (χ0v) is 6.61. The lowest BCUT2D eigenvalue weighted by atomic mass is 10.4. The van der Waals surface area contributed by atoms with Crippen molar-refractivity contribution in [3.05, 3.63) is 12.0 Å². The van der Waals surface area contributed by atoms with Crippen molar-refractivity contribution in [2.45, 2.75) is 13.1 Å². The Hall–Kier alpha value is -1.07. The second-order valence-corrected chi connectivity index (χ2v) is 2.27. The molecular weight excluding hydrogens is 144 g/mol. The van der Waals surface area contributed by atoms with E-state index in [0.717, 1.165) is 0 Å². The van der Waals surface area contributed by atoms with Crippen LogP contribution in [-0.4, -0.2) is 24.1 Å². The fourth-order valence-electron chi connectivity index (χ4n) is 0.810. The molecule has 1 unspecified atom stereocenters. The lowest BCUT2D eigenvalue weighted by molar-refractivity contribution is 0.264. The van der Waals surface area contributed by atoms with Crippen LogP contribution in [0.4, 0.5) is 0 Å². The molecule has 0 aromatic heterocycles. The van der Waals surface area contributed by atoms with E-state index in [1.54, 1.807) is 20.1 Å². The molecule has 0 amide bonds. The van der Waals surface area contributed by atoms with Crippen molar-refractivity contribution in [1.82, 2.24) is 5.01 Å². The van der Waals surface area contributed by atoms with Crippen molar-refractivity contribution in [2.75, 3.05) is 7.11 Å². The van der Waals surface area contributed by atoms with Crippen LogP contribution < -0.4 is 11.6 Å². The SMILES string of the molecule is COC1=CC(N)N(N)C(C)=N1. The molecular formula is C6H12N4O. The van der Waals surface area contributed by atoms with Crippen LogP contribution in [0.2, 0.25) is 0 Å². The maximum atomic E-state index is 5.60. The Bertz CT molecular complexity index is 211. The van der Waals surface area contributed by atoms with Crippen LogP contribution in [0.15, 0.2) is 17.0 Å². The summed E-state index contributed by atoms with van der Waals surface area (Å²) in [5, 5.41) is 1.38. The van der Waals surface area contributed by atoms with E-state index in [9.17, 15) is 0 Å². The van der Waals surface area contributed by atoms with Crippen LogP contribution in [-0.2, 0) is 4.74 Å². The van der Waals surface area contributed by atoms with Crippen molar-refractivity contribution < 1.29 is 4.74 Å². The number of hydrogen-bond acceptors (Lipinski definition) is 5. The molecule has 5 heteroatoms. The van der Waals surface area contributed by atoms with Crippen LogP contribution in [0.3, 0.4) is 0 Å². The minimum atomic E-state index is -0.345. The summed E-state index contributed by atoms with van der Waals surface area (Å²) in [5.74, 6) is 6.68. The largest absolute Gasteiger partial charge is 0.481 e. The summed E-state index contributed by atoms with van der Waals surface area (Å²) >= 11 is 0. The third-order valence-electron chi connectivity index (χ3n) is 1.49. The standard InChI is InChI=1S/C6H12N4O/c1-4-9-6(11-2)3-5(7)10(4)8/h3,5H,7-8H2,1-2H3. The normalized spacial score (nSPS) is 24.4. The van der Waals surface area contributed by atoms with Gasteiger partial charge in [0.1, 0.15) is 12.0 Å². The quantitative estimate of drug-likeness (QED) is 0.495. The predicted octanol–water partition coefficient (Wildman–Crippen LogP) is -0.633. The second-order valence-electron chi connectivity index (χ2n) is 2.27. The van der Waals surface area contributed by atoms with Crippen molar-refractivity contribution in [1.29, 1.82) is 0 Å². The van der Waals surface area contributed by atoms with Gasteiger partial charge in [-0.05, 0) is 6.92 Å². The smallest absolute Gasteiger partial charge is 0.214 e. The third-order valence-corrected chi connectivity index (χ3v) is 1.49. The van der Waals surface area contributed by atoms with Gasteiger partial charge in [-0.25, -0.2) is 5.84 Å². The number of hydrazine groups is 1. The van der Waals surface area contributed by atoms with Crippen molar-refractivity contribution >= 4 is 5.84 Å². The summed E-state index contributed by atoms with van der Waals surface area (Å²) in [6.45, 7) is 1.77. The maximum Gasteiger partial charge on any atom is 0.214 e. The Kier molecular flexibility index (Phi) is 2.11. The fraction of sp³-hybridized carbons (Fsp3) is 0.500. The van der Waals surface area contributed by atoms with Gasteiger partial charge in [0.05, 0.1) is 7.11 Å². The summed E-state index contributed by atoms with van der Waals surface area (Å²) in [6, 6.07) is 0. The molecule has 0 spiro atoms. The van der Waals surface area contributed by atoms with Gasteiger partial charge in [0.2, 0.25) is 5.88 Å². The zero-order chi connectivity index (χ0) is 8.43. The van der Waals surface area contributed by atoms with Crippen molar-refractivity contribution in [2.24, 2.45) is 16.6 Å². The molecule has 0 radical (unpaired) electrons. The third kappa shape index (κ3) is 1.50. The van der Waals surface area contributed by atoms with Gasteiger partial charge in [-0.3, -0.25) is 5.01 Å². The van der Waals surface area contributed by atoms with Gasteiger partial charge in [0, 0.05) is 6.08 Å². The number of methoxy groups -OCH3 is 1. The molecule has 1 rings (SSSR count). The Morgan fingerprint density at radius 3 is 2.82 bits per heavy atom. The van der Waals surface area contributed by atoms with E-state index >= 15 is 0 Å². The first-order valence-corrected chi connectivity index (χ1v) is 3.25. The maximum absolute atomic E-state index is 5.60. The monoisotopic (exact) mass is 156 g/mol. The van der Waals surface area contributed by atoms with E-state index in [2.05, 4.69) is 4.99 Å².